The van der Waals surface area contributed by atoms with E-state index < -0.39 is 27.8 Å². The van der Waals surface area contributed by atoms with E-state index in [9.17, 15) is 13.2 Å². The molecule has 0 rings (SSSR count). The molecule has 0 amide bonds. The van der Waals surface area contributed by atoms with Crippen molar-refractivity contribution in [1.29, 1.82) is 0 Å². The zero-order chi connectivity index (χ0) is 11.4. The average Bonchev–Trinajstić information content (AvgIpc) is 1.97. The van der Waals surface area contributed by atoms with Gasteiger partial charge in [0.15, 0.2) is 5.75 Å². The third-order valence-electron chi connectivity index (χ3n) is 1.70. The zero-order valence-electron chi connectivity index (χ0n) is 8.23. The van der Waals surface area contributed by atoms with Gasteiger partial charge in [-0.05, 0) is 5.92 Å². The molecule has 84 valence electrons. The number of carboxylic acids is 1. The van der Waals surface area contributed by atoms with Crippen molar-refractivity contribution in [3.63, 3.8) is 0 Å². The molecule has 0 aliphatic rings. The van der Waals surface area contributed by atoms with E-state index in [0.29, 0.717) is 0 Å². The lowest BCUT2D eigenvalue weighted by atomic mass is 10.1. The van der Waals surface area contributed by atoms with Crippen molar-refractivity contribution in [1.82, 2.24) is 4.72 Å². The fourth-order valence-electron chi connectivity index (χ4n) is 0.891. The molecule has 0 fully saturated rings. The molecule has 6 nitrogen and oxygen atoms in total. The number of rotatable bonds is 6. The summed E-state index contributed by atoms with van der Waals surface area (Å²) in [5, 5.41) is 8.32. The maximum absolute atomic E-state index is 11.2. The van der Waals surface area contributed by atoms with E-state index in [-0.39, 0.29) is 12.5 Å². The number of nitrogens with one attached hydrogen (secondary N) is 1. The fourth-order valence-corrected chi connectivity index (χ4v) is 2.13. The summed E-state index contributed by atoms with van der Waals surface area (Å²) in [6, 6.07) is -0.417. The standard InChI is InChI=1S/C7H16N2O4S/c1-5(2)6(3-8)9-14(12,13)4-7(10)11/h5-6,9H,3-4,8H2,1-2H3,(H,10,11). The van der Waals surface area contributed by atoms with Crippen LogP contribution in [0.4, 0.5) is 0 Å². The first-order chi connectivity index (χ1) is 6.28. The van der Waals surface area contributed by atoms with Gasteiger partial charge in [-0.15, -0.1) is 0 Å². The summed E-state index contributed by atoms with van der Waals surface area (Å²) < 4.78 is 24.6. The molecule has 0 saturated carbocycles. The highest BCUT2D eigenvalue weighted by molar-refractivity contribution is 7.90. The molecule has 4 N–H and O–H groups in total. The van der Waals surface area contributed by atoms with Gasteiger partial charge in [0.2, 0.25) is 10.0 Å². The molecule has 0 aromatic rings. The molecule has 0 heterocycles. The second kappa shape index (κ2) is 5.28. The van der Waals surface area contributed by atoms with E-state index in [1.54, 1.807) is 13.8 Å². The maximum Gasteiger partial charge on any atom is 0.320 e. The summed E-state index contributed by atoms with van der Waals surface area (Å²) in [6.45, 7) is 3.76. The molecular formula is C7H16N2O4S. The zero-order valence-corrected chi connectivity index (χ0v) is 9.04. The minimum atomic E-state index is -3.77. The number of carbonyl (C=O) groups is 1. The first-order valence-electron chi connectivity index (χ1n) is 4.20. The Hall–Kier alpha value is -0.660. The first-order valence-corrected chi connectivity index (χ1v) is 5.85. The van der Waals surface area contributed by atoms with Crippen molar-refractivity contribution >= 4 is 16.0 Å². The van der Waals surface area contributed by atoms with Crippen LogP contribution in [-0.2, 0) is 14.8 Å². The number of hydrogen-bond donors (Lipinski definition) is 3. The summed E-state index contributed by atoms with van der Waals surface area (Å²) in [4.78, 5) is 10.2. The summed E-state index contributed by atoms with van der Waals surface area (Å²) in [5.41, 5.74) is 5.34. The van der Waals surface area contributed by atoms with Gasteiger partial charge in [-0.2, -0.15) is 0 Å². The molecule has 7 heteroatoms. The van der Waals surface area contributed by atoms with E-state index in [0.717, 1.165) is 0 Å². The highest BCUT2D eigenvalue weighted by Gasteiger charge is 2.21. The Balaban J connectivity index is 4.41. The van der Waals surface area contributed by atoms with E-state index in [2.05, 4.69) is 4.72 Å². The van der Waals surface area contributed by atoms with Crippen LogP contribution in [0.15, 0.2) is 0 Å². The predicted molar refractivity (Wildman–Crippen MR) is 52.2 cm³/mol. The normalized spacial score (nSPS) is 14.3. The van der Waals surface area contributed by atoms with E-state index in [4.69, 9.17) is 10.8 Å². The molecule has 14 heavy (non-hydrogen) atoms. The van der Waals surface area contributed by atoms with Crippen LogP contribution < -0.4 is 10.5 Å². The number of nitrogens with two attached hydrogens (primary N) is 1. The van der Waals surface area contributed by atoms with Crippen molar-refractivity contribution in [3.05, 3.63) is 0 Å². The number of carboxylic acid groups (broad SMARTS) is 1. The van der Waals surface area contributed by atoms with Gasteiger partial charge in [-0.1, -0.05) is 13.8 Å². The third-order valence-corrected chi connectivity index (χ3v) is 2.99. The summed E-state index contributed by atoms with van der Waals surface area (Å²) in [5.74, 6) is -2.27. The molecule has 0 spiro atoms. The number of aliphatic carboxylic acids is 1. The van der Waals surface area contributed by atoms with Gasteiger partial charge in [0.25, 0.3) is 0 Å². The van der Waals surface area contributed by atoms with Gasteiger partial charge >= 0.3 is 5.97 Å². The van der Waals surface area contributed by atoms with Crippen molar-refractivity contribution in [2.75, 3.05) is 12.3 Å². The molecular weight excluding hydrogens is 208 g/mol. The monoisotopic (exact) mass is 224 g/mol. The Morgan fingerprint density at radius 1 is 1.50 bits per heavy atom. The maximum atomic E-state index is 11.2. The van der Waals surface area contributed by atoms with Gasteiger partial charge in [0.05, 0.1) is 0 Å². The van der Waals surface area contributed by atoms with Gasteiger partial charge in [-0.3, -0.25) is 4.79 Å². The lowest BCUT2D eigenvalue weighted by Crippen LogP contribution is -2.45. The van der Waals surface area contributed by atoms with Crippen molar-refractivity contribution < 1.29 is 18.3 Å². The van der Waals surface area contributed by atoms with Gasteiger partial charge < -0.3 is 10.8 Å². The third kappa shape index (κ3) is 5.15. The quantitative estimate of drug-likeness (QED) is 0.534. The van der Waals surface area contributed by atoms with Crippen LogP contribution in [0.5, 0.6) is 0 Å². The largest absolute Gasteiger partial charge is 0.480 e. The molecule has 0 aliphatic heterocycles. The van der Waals surface area contributed by atoms with Crippen LogP contribution in [0.25, 0.3) is 0 Å². The SMILES string of the molecule is CC(C)C(CN)NS(=O)(=O)CC(=O)O. The van der Waals surface area contributed by atoms with E-state index in [1.165, 1.54) is 0 Å². The van der Waals surface area contributed by atoms with Gasteiger partial charge in [-0.25, -0.2) is 13.1 Å². The Kier molecular flexibility index (Phi) is 5.03. The van der Waals surface area contributed by atoms with Crippen LogP contribution in [0.2, 0.25) is 0 Å². The summed E-state index contributed by atoms with van der Waals surface area (Å²) in [6.07, 6.45) is 0. The second-order valence-corrected chi connectivity index (χ2v) is 5.11. The molecule has 1 atom stereocenters. The fraction of sp³-hybridized carbons (Fsp3) is 0.857. The molecule has 0 aliphatic carbocycles. The van der Waals surface area contributed by atoms with Crippen LogP contribution in [0.3, 0.4) is 0 Å². The lowest BCUT2D eigenvalue weighted by molar-refractivity contribution is -0.134. The van der Waals surface area contributed by atoms with Crippen LogP contribution in [-0.4, -0.2) is 37.8 Å². The summed E-state index contributed by atoms with van der Waals surface area (Å²) >= 11 is 0. The Morgan fingerprint density at radius 2 is 2.00 bits per heavy atom. The Morgan fingerprint density at radius 3 is 2.29 bits per heavy atom. The molecule has 0 aromatic carbocycles. The second-order valence-electron chi connectivity index (χ2n) is 3.36. The highest BCUT2D eigenvalue weighted by atomic mass is 32.2. The van der Waals surface area contributed by atoms with E-state index in [1.807, 2.05) is 0 Å². The number of sulfonamides is 1. The molecule has 0 bridgehead atoms. The molecule has 0 radical (unpaired) electrons. The van der Waals surface area contributed by atoms with Crippen LogP contribution >= 0.6 is 0 Å². The van der Waals surface area contributed by atoms with Crippen molar-refractivity contribution in [3.8, 4) is 0 Å². The van der Waals surface area contributed by atoms with Crippen LogP contribution in [0, 0.1) is 5.92 Å². The van der Waals surface area contributed by atoms with Crippen molar-refractivity contribution in [2.24, 2.45) is 11.7 Å². The van der Waals surface area contributed by atoms with Gasteiger partial charge in [0.1, 0.15) is 0 Å². The van der Waals surface area contributed by atoms with E-state index >= 15 is 0 Å². The average molecular weight is 224 g/mol. The molecule has 0 saturated heterocycles. The Labute approximate surface area is 83.5 Å². The Bertz CT molecular complexity index is 286. The summed E-state index contributed by atoms with van der Waals surface area (Å²) in [7, 11) is -3.77. The first kappa shape index (κ1) is 13.3. The smallest absolute Gasteiger partial charge is 0.320 e. The topological polar surface area (TPSA) is 109 Å². The predicted octanol–water partition coefficient (Wildman–Crippen LogP) is -1.03. The lowest BCUT2D eigenvalue weighted by Gasteiger charge is -2.19. The van der Waals surface area contributed by atoms with Gasteiger partial charge in [0, 0.05) is 12.6 Å². The number of hydrogen-bond acceptors (Lipinski definition) is 4. The minimum Gasteiger partial charge on any atom is -0.480 e. The highest BCUT2D eigenvalue weighted by Crippen LogP contribution is 2.01. The minimum absolute atomic E-state index is 0.0311. The molecule has 0 aromatic heterocycles. The van der Waals surface area contributed by atoms with Crippen LogP contribution in [0.1, 0.15) is 13.8 Å². The molecule has 1 unspecified atom stereocenters. The van der Waals surface area contributed by atoms with Crippen molar-refractivity contribution in [2.45, 2.75) is 19.9 Å².